The first-order chi connectivity index (χ1) is 16.1. The van der Waals surface area contributed by atoms with Crippen LogP contribution in [0.25, 0.3) is 10.9 Å². The molecule has 1 atom stereocenters. The van der Waals surface area contributed by atoms with Crippen LogP contribution >= 0.6 is 0 Å². The number of ether oxygens (including phenoxy) is 4. The van der Waals surface area contributed by atoms with Crippen molar-refractivity contribution in [3.63, 3.8) is 0 Å². The van der Waals surface area contributed by atoms with Crippen molar-refractivity contribution in [1.82, 2.24) is 15.0 Å². The van der Waals surface area contributed by atoms with Crippen molar-refractivity contribution in [3.05, 3.63) is 42.1 Å². The third kappa shape index (κ3) is 5.24. The molecule has 0 aliphatic carbocycles. The van der Waals surface area contributed by atoms with E-state index in [1.165, 1.54) is 0 Å². The number of fused-ring (bicyclic) bond motifs is 1. The first-order valence-electron chi connectivity index (χ1n) is 11.1. The van der Waals surface area contributed by atoms with Gasteiger partial charge in [-0.05, 0) is 19.9 Å². The lowest BCUT2D eigenvalue weighted by Crippen LogP contribution is -2.37. The zero-order valence-electron chi connectivity index (χ0n) is 18.8. The molecule has 2 aliphatic heterocycles. The van der Waals surface area contributed by atoms with Crippen LogP contribution in [0.1, 0.15) is 19.4 Å². The summed E-state index contributed by atoms with van der Waals surface area (Å²) < 4.78 is 22.8. The van der Waals surface area contributed by atoms with E-state index in [1.807, 2.05) is 44.3 Å². The average Bonchev–Trinajstić information content (AvgIpc) is 3.41. The third-order valence-electron chi connectivity index (χ3n) is 5.50. The van der Waals surface area contributed by atoms with Gasteiger partial charge in [-0.3, -0.25) is 5.43 Å². The molecule has 0 saturated carbocycles. The lowest BCUT2D eigenvalue weighted by atomic mass is 10.2. The highest BCUT2D eigenvalue weighted by Crippen LogP contribution is 2.24. The standard InChI is InChI=1S/C23H28N6O4/c1-23(2)32-15-17(33-23)14-31-22-26-20(11-21(27-22)29-7-9-30-10-8-29)28-25-13-16-12-24-19-6-4-3-5-18(16)19/h3-6,11-13,17,24H,7-10,14-15H2,1-2H3,(H,26,27,28). The molecule has 5 rings (SSSR count). The number of nitrogens with one attached hydrogen (secondary N) is 2. The molecule has 174 valence electrons. The summed E-state index contributed by atoms with van der Waals surface area (Å²) >= 11 is 0. The topological polar surface area (TPSA) is 106 Å². The highest BCUT2D eigenvalue weighted by Gasteiger charge is 2.33. The van der Waals surface area contributed by atoms with Crippen LogP contribution in [0.4, 0.5) is 11.6 Å². The van der Waals surface area contributed by atoms with Gasteiger partial charge in [0.1, 0.15) is 18.5 Å². The van der Waals surface area contributed by atoms with Crippen molar-refractivity contribution in [3.8, 4) is 6.01 Å². The molecule has 10 heteroatoms. The largest absolute Gasteiger partial charge is 0.460 e. The summed E-state index contributed by atoms with van der Waals surface area (Å²) in [5.74, 6) is 0.701. The number of aromatic amines is 1. The second-order valence-corrected chi connectivity index (χ2v) is 8.41. The van der Waals surface area contributed by atoms with E-state index in [-0.39, 0.29) is 12.1 Å². The fraction of sp³-hybridized carbons (Fsp3) is 0.435. The summed E-state index contributed by atoms with van der Waals surface area (Å²) in [6.45, 7) is 7.36. The van der Waals surface area contributed by atoms with Crippen LogP contribution < -0.4 is 15.1 Å². The maximum Gasteiger partial charge on any atom is 0.320 e. The van der Waals surface area contributed by atoms with Gasteiger partial charge in [0.15, 0.2) is 11.6 Å². The summed E-state index contributed by atoms with van der Waals surface area (Å²) in [5.41, 5.74) is 5.07. The SMILES string of the molecule is CC1(C)OCC(COc2nc(NN=Cc3c[nH]c4ccccc34)cc(N3CCOCC3)n2)O1. The normalized spacial score (nSPS) is 20.5. The monoisotopic (exact) mass is 452 g/mol. The molecule has 1 unspecified atom stereocenters. The number of morpholine rings is 1. The lowest BCUT2D eigenvalue weighted by molar-refractivity contribution is -0.141. The van der Waals surface area contributed by atoms with Crippen LogP contribution in [0.2, 0.25) is 0 Å². The fourth-order valence-electron chi connectivity index (χ4n) is 3.87. The first-order valence-corrected chi connectivity index (χ1v) is 11.1. The maximum atomic E-state index is 5.88. The molecule has 1 aromatic carbocycles. The van der Waals surface area contributed by atoms with E-state index in [2.05, 4.69) is 36.4 Å². The van der Waals surface area contributed by atoms with Gasteiger partial charge in [0, 0.05) is 41.8 Å². The highest BCUT2D eigenvalue weighted by atomic mass is 16.7. The Balaban J connectivity index is 1.32. The van der Waals surface area contributed by atoms with Crippen molar-refractivity contribution in [1.29, 1.82) is 0 Å². The summed E-state index contributed by atoms with van der Waals surface area (Å²) in [4.78, 5) is 14.5. The number of rotatable bonds is 7. The average molecular weight is 453 g/mol. The van der Waals surface area contributed by atoms with Gasteiger partial charge in [0.25, 0.3) is 0 Å². The number of benzene rings is 1. The number of aromatic nitrogens is 3. The van der Waals surface area contributed by atoms with Crippen LogP contribution in [0.5, 0.6) is 6.01 Å². The molecule has 4 heterocycles. The van der Waals surface area contributed by atoms with Gasteiger partial charge < -0.3 is 28.8 Å². The molecule has 0 bridgehead atoms. The summed E-state index contributed by atoms with van der Waals surface area (Å²) in [6.07, 6.45) is 3.52. The van der Waals surface area contributed by atoms with Gasteiger partial charge in [0.05, 0.1) is 26.0 Å². The Morgan fingerprint density at radius 3 is 2.94 bits per heavy atom. The second-order valence-electron chi connectivity index (χ2n) is 8.41. The number of hydrogen-bond acceptors (Lipinski definition) is 9. The highest BCUT2D eigenvalue weighted by molar-refractivity contribution is 5.99. The van der Waals surface area contributed by atoms with Gasteiger partial charge in [-0.1, -0.05) is 18.2 Å². The minimum atomic E-state index is -0.603. The molecule has 2 saturated heterocycles. The summed E-state index contributed by atoms with van der Waals surface area (Å²) in [6, 6.07) is 10.2. The van der Waals surface area contributed by atoms with Crippen LogP contribution in [-0.4, -0.2) is 72.6 Å². The molecule has 2 fully saturated rings. The maximum absolute atomic E-state index is 5.88. The van der Waals surface area contributed by atoms with Gasteiger partial charge in [-0.25, -0.2) is 0 Å². The molecule has 33 heavy (non-hydrogen) atoms. The molecule has 2 N–H and O–H groups in total. The smallest absolute Gasteiger partial charge is 0.320 e. The molecule has 2 aliphatic rings. The molecule has 0 spiro atoms. The van der Waals surface area contributed by atoms with Crippen molar-refractivity contribution in [2.75, 3.05) is 49.8 Å². The first kappa shape index (κ1) is 21.6. The van der Waals surface area contributed by atoms with Crippen LogP contribution in [0, 0.1) is 0 Å². The minimum Gasteiger partial charge on any atom is -0.460 e. The van der Waals surface area contributed by atoms with Crippen LogP contribution in [0.3, 0.4) is 0 Å². The van der Waals surface area contributed by atoms with Crippen molar-refractivity contribution in [2.45, 2.75) is 25.7 Å². The van der Waals surface area contributed by atoms with Gasteiger partial charge in [0.2, 0.25) is 0 Å². The van der Waals surface area contributed by atoms with Gasteiger partial charge in [-0.15, -0.1) is 0 Å². The Hall–Kier alpha value is -3.21. The molecule has 2 aromatic heterocycles. The fourth-order valence-corrected chi connectivity index (χ4v) is 3.87. The van der Waals surface area contributed by atoms with E-state index in [9.17, 15) is 0 Å². The Kier molecular flexibility index (Phi) is 6.12. The number of anilines is 2. The third-order valence-corrected chi connectivity index (χ3v) is 5.50. The molecule has 0 radical (unpaired) electrons. The van der Waals surface area contributed by atoms with Gasteiger partial charge in [-0.2, -0.15) is 15.1 Å². The van der Waals surface area contributed by atoms with Crippen molar-refractivity contribution < 1.29 is 18.9 Å². The van der Waals surface area contributed by atoms with E-state index >= 15 is 0 Å². The predicted octanol–water partition coefficient (Wildman–Crippen LogP) is 2.77. The summed E-state index contributed by atoms with van der Waals surface area (Å²) in [7, 11) is 0. The zero-order valence-corrected chi connectivity index (χ0v) is 18.8. The quantitative estimate of drug-likeness (QED) is 0.416. The number of hydrogen-bond donors (Lipinski definition) is 2. The second kappa shape index (κ2) is 9.34. The molecule has 3 aromatic rings. The summed E-state index contributed by atoms with van der Waals surface area (Å²) in [5, 5.41) is 5.49. The Morgan fingerprint density at radius 1 is 1.27 bits per heavy atom. The van der Waals surface area contributed by atoms with Crippen LogP contribution in [-0.2, 0) is 14.2 Å². The van der Waals surface area contributed by atoms with Crippen molar-refractivity contribution in [2.24, 2.45) is 5.10 Å². The molecular weight excluding hydrogens is 424 g/mol. The van der Waals surface area contributed by atoms with Crippen molar-refractivity contribution >= 4 is 28.8 Å². The molecule has 10 nitrogen and oxygen atoms in total. The number of para-hydroxylation sites is 1. The molecular formula is C23H28N6O4. The minimum absolute atomic E-state index is 0.174. The van der Waals surface area contributed by atoms with E-state index < -0.39 is 5.79 Å². The van der Waals surface area contributed by atoms with E-state index in [4.69, 9.17) is 18.9 Å². The predicted molar refractivity (Wildman–Crippen MR) is 125 cm³/mol. The number of nitrogens with zero attached hydrogens (tertiary/aromatic N) is 4. The molecule has 0 amide bonds. The van der Waals surface area contributed by atoms with Crippen LogP contribution in [0.15, 0.2) is 41.6 Å². The van der Waals surface area contributed by atoms with E-state index in [0.717, 1.165) is 35.4 Å². The Bertz CT molecular complexity index is 1130. The van der Waals surface area contributed by atoms with Gasteiger partial charge >= 0.3 is 6.01 Å². The Morgan fingerprint density at radius 2 is 2.12 bits per heavy atom. The zero-order chi connectivity index (χ0) is 22.7. The number of hydrazone groups is 1. The Labute approximate surface area is 191 Å². The lowest BCUT2D eigenvalue weighted by Gasteiger charge is -2.28. The number of H-pyrrole nitrogens is 1. The van der Waals surface area contributed by atoms with E-state index in [1.54, 1.807) is 6.21 Å². The van der Waals surface area contributed by atoms with E-state index in [0.29, 0.717) is 32.2 Å².